The van der Waals surface area contributed by atoms with Gasteiger partial charge in [-0.05, 0) is 26.8 Å². The predicted molar refractivity (Wildman–Crippen MR) is 59.6 cm³/mol. The number of hydrogen-bond donors (Lipinski definition) is 1. The second-order valence-corrected chi connectivity index (χ2v) is 4.29. The van der Waals surface area contributed by atoms with Crippen molar-refractivity contribution in [3.05, 3.63) is 0 Å². The van der Waals surface area contributed by atoms with E-state index in [2.05, 4.69) is 31.0 Å². The third-order valence-corrected chi connectivity index (χ3v) is 2.70. The molecule has 3 heteroatoms. The summed E-state index contributed by atoms with van der Waals surface area (Å²) in [5.41, 5.74) is 0. The first-order chi connectivity index (χ1) is 6.74. The minimum Gasteiger partial charge on any atom is -0.374 e. The highest BCUT2D eigenvalue weighted by Gasteiger charge is 2.21. The van der Waals surface area contributed by atoms with E-state index in [1.807, 2.05) is 0 Å². The molecule has 0 aromatic heterocycles. The van der Waals surface area contributed by atoms with Crippen molar-refractivity contribution in [2.24, 2.45) is 0 Å². The van der Waals surface area contributed by atoms with Crippen LogP contribution in [0.1, 0.15) is 27.2 Å². The average Bonchev–Trinajstić information content (AvgIpc) is 2.19. The summed E-state index contributed by atoms with van der Waals surface area (Å²) in [6.45, 7) is 11.8. The summed E-state index contributed by atoms with van der Waals surface area (Å²) in [7, 11) is 0. The fourth-order valence-electron chi connectivity index (χ4n) is 1.77. The molecule has 1 N–H and O–H groups in total. The van der Waals surface area contributed by atoms with Gasteiger partial charge in [0, 0.05) is 25.7 Å². The topological polar surface area (TPSA) is 24.5 Å². The molecule has 0 bridgehead atoms. The van der Waals surface area contributed by atoms with Gasteiger partial charge in [-0.3, -0.25) is 4.90 Å². The number of nitrogens with zero attached hydrogens (tertiary/aromatic N) is 1. The van der Waals surface area contributed by atoms with Crippen LogP contribution in [-0.4, -0.2) is 49.8 Å². The Morgan fingerprint density at radius 2 is 2.29 bits per heavy atom. The summed E-state index contributed by atoms with van der Waals surface area (Å²) in [6, 6.07) is 0.646. The molecule has 1 rings (SSSR count). The number of nitrogens with one attached hydrogen (secondary N) is 1. The maximum atomic E-state index is 5.70. The van der Waals surface area contributed by atoms with Crippen molar-refractivity contribution in [2.45, 2.75) is 39.3 Å². The van der Waals surface area contributed by atoms with Crippen molar-refractivity contribution >= 4 is 0 Å². The largest absolute Gasteiger partial charge is 0.374 e. The SMILES string of the molecule is CCCNCC1CN(C(C)C)CCO1. The van der Waals surface area contributed by atoms with E-state index < -0.39 is 0 Å². The van der Waals surface area contributed by atoms with Gasteiger partial charge < -0.3 is 10.1 Å². The lowest BCUT2D eigenvalue weighted by Crippen LogP contribution is -2.49. The molecule has 3 nitrogen and oxygen atoms in total. The van der Waals surface area contributed by atoms with E-state index in [0.717, 1.165) is 32.8 Å². The van der Waals surface area contributed by atoms with Gasteiger partial charge in [-0.25, -0.2) is 0 Å². The van der Waals surface area contributed by atoms with Gasteiger partial charge in [0.25, 0.3) is 0 Å². The highest BCUT2D eigenvalue weighted by molar-refractivity contribution is 4.75. The van der Waals surface area contributed by atoms with Gasteiger partial charge in [0.15, 0.2) is 0 Å². The Kier molecular flexibility index (Phi) is 5.45. The Balaban J connectivity index is 2.19. The van der Waals surface area contributed by atoms with E-state index in [9.17, 15) is 0 Å². The van der Waals surface area contributed by atoms with Crippen LogP contribution in [0.4, 0.5) is 0 Å². The zero-order valence-corrected chi connectivity index (χ0v) is 9.75. The average molecular weight is 200 g/mol. The molecule has 1 heterocycles. The van der Waals surface area contributed by atoms with E-state index >= 15 is 0 Å². The monoisotopic (exact) mass is 200 g/mol. The summed E-state index contributed by atoms with van der Waals surface area (Å²) in [4.78, 5) is 2.49. The Labute approximate surface area is 87.8 Å². The lowest BCUT2D eigenvalue weighted by Gasteiger charge is -2.35. The fraction of sp³-hybridized carbons (Fsp3) is 1.00. The minimum atomic E-state index is 0.387. The third-order valence-electron chi connectivity index (χ3n) is 2.70. The van der Waals surface area contributed by atoms with Crippen LogP contribution in [-0.2, 0) is 4.74 Å². The van der Waals surface area contributed by atoms with Crippen LogP contribution >= 0.6 is 0 Å². The molecule has 0 spiro atoms. The van der Waals surface area contributed by atoms with Gasteiger partial charge in [0.1, 0.15) is 0 Å². The second kappa shape index (κ2) is 6.38. The molecule has 1 aliphatic rings. The molecule has 14 heavy (non-hydrogen) atoms. The van der Waals surface area contributed by atoms with Gasteiger partial charge >= 0.3 is 0 Å². The lowest BCUT2D eigenvalue weighted by atomic mass is 10.2. The Hall–Kier alpha value is -0.120. The van der Waals surface area contributed by atoms with Crippen LogP contribution in [0.15, 0.2) is 0 Å². The zero-order chi connectivity index (χ0) is 10.4. The molecule has 0 aromatic carbocycles. The predicted octanol–water partition coefficient (Wildman–Crippen LogP) is 1.10. The van der Waals surface area contributed by atoms with Crippen molar-refractivity contribution in [3.63, 3.8) is 0 Å². The molecule has 1 unspecified atom stereocenters. The van der Waals surface area contributed by atoms with Crippen LogP contribution in [0.5, 0.6) is 0 Å². The highest BCUT2D eigenvalue weighted by Crippen LogP contribution is 2.07. The molecular weight excluding hydrogens is 176 g/mol. The van der Waals surface area contributed by atoms with Gasteiger partial charge in [0.05, 0.1) is 12.7 Å². The van der Waals surface area contributed by atoms with E-state index in [0.29, 0.717) is 12.1 Å². The number of morpholine rings is 1. The molecule has 0 aromatic rings. The third kappa shape index (κ3) is 3.95. The first kappa shape index (κ1) is 12.0. The van der Waals surface area contributed by atoms with Gasteiger partial charge in [-0.2, -0.15) is 0 Å². The van der Waals surface area contributed by atoms with Crippen molar-refractivity contribution in [1.82, 2.24) is 10.2 Å². The Bertz CT molecular complexity index is 150. The quantitative estimate of drug-likeness (QED) is 0.673. The lowest BCUT2D eigenvalue weighted by molar-refractivity contribution is -0.0370. The zero-order valence-electron chi connectivity index (χ0n) is 9.75. The van der Waals surface area contributed by atoms with Crippen molar-refractivity contribution in [1.29, 1.82) is 0 Å². The Morgan fingerprint density at radius 1 is 1.50 bits per heavy atom. The molecule has 1 saturated heterocycles. The molecule has 1 aliphatic heterocycles. The molecule has 0 amide bonds. The molecule has 0 saturated carbocycles. The summed E-state index contributed by atoms with van der Waals surface area (Å²) >= 11 is 0. The van der Waals surface area contributed by atoms with Crippen LogP contribution in [0.3, 0.4) is 0 Å². The normalized spacial score (nSPS) is 24.4. The van der Waals surface area contributed by atoms with Crippen LogP contribution in [0.25, 0.3) is 0 Å². The number of hydrogen-bond acceptors (Lipinski definition) is 3. The number of ether oxygens (including phenoxy) is 1. The molecular formula is C11H24N2O. The van der Waals surface area contributed by atoms with E-state index in [1.54, 1.807) is 0 Å². The van der Waals surface area contributed by atoms with Crippen molar-refractivity contribution < 1.29 is 4.74 Å². The molecule has 1 atom stereocenters. The summed E-state index contributed by atoms with van der Waals surface area (Å²) < 4.78 is 5.70. The Morgan fingerprint density at radius 3 is 2.93 bits per heavy atom. The fourth-order valence-corrected chi connectivity index (χ4v) is 1.77. The summed E-state index contributed by atoms with van der Waals surface area (Å²) in [5, 5.41) is 3.41. The van der Waals surface area contributed by atoms with Crippen LogP contribution < -0.4 is 5.32 Å². The first-order valence-corrected chi connectivity index (χ1v) is 5.80. The minimum absolute atomic E-state index is 0.387. The molecule has 1 fully saturated rings. The summed E-state index contributed by atoms with van der Waals surface area (Å²) in [5.74, 6) is 0. The van der Waals surface area contributed by atoms with Crippen LogP contribution in [0, 0.1) is 0 Å². The first-order valence-electron chi connectivity index (χ1n) is 5.80. The van der Waals surface area contributed by atoms with Gasteiger partial charge in [-0.15, -0.1) is 0 Å². The van der Waals surface area contributed by atoms with E-state index in [4.69, 9.17) is 4.74 Å². The van der Waals surface area contributed by atoms with E-state index in [-0.39, 0.29) is 0 Å². The van der Waals surface area contributed by atoms with Crippen LogP contribution in [0.2, 0.25) is 0 Å². The second-order valence-electron chi connectivity index (χ2n) is 4.29. The maximum Gasteiger partial charge on any atom is 0.0826 e. The molecule has 0 aliphatic carbocycles. The molecule has 84 valence electrons. The molecule has 0 radical (unpaired) electrons. The van der Waals surface area contributed by atoms with Gasteiger partial charge in [-0.1, -0.05) is 6.92 Å². The van der Waals surface area contributed by atoms with Crippen molar-refractivity contribution in [3.8, 4) is 0 Å². The van der Waals surface area contributed by atoms with Gasteiger partial charge in [0.2, 0.25) is 0 Å². The van der Waals surface area contributed by atoms with E-state index in [1.165, 1.54) is 6.42 Å². The maximum absolute atomic E-state index is 5.70. The smallest absolute Gasteiger partial charge is 0.0826 e. The van der Waals surface area contributed by atoms with Crippen molar-refractivity contribution in [2.75, 3.05) is 32.8 Å². The standard InChI is InChI=1S/C11H24N2O/c1-4-5-12-8-11-9-13(10(2)3)6-7-14-11/h10-12H,4-9H2,1-3H3. The summed E-state index contributed by atoms with van der Waals surface area (Å²) in [6.07, 6.45) is 1.58. The highest BCUT2D eigenvalue weighted by atomic mass is 16.5. The number of rotatable bonds is 5.